The molecule has 0 saturated heterocycles. The number of carboxylic acid groups (broad SMARTS) is 1. The van der Waals surface area contributed by atoms with Gasteiger partial charge in [0.05, 0.1) is 26.4 Å². The number of aromatic nitrogens is 3. The van der Waals surface area contributed by atoms with Crippen LogP contribution in [0.4, 0.5) is 30.8 Å². The summed E-state index contributed by atoms with van der Waals surface area (Å²) in [7, 11) is 0. The van der Waals surface area contributed by atoms with Gasteiger partial charge in [0.1, 0.15) is 30.3 Å². The zero-order valence-electron chi connectivity index (χ0n) is 21.1. The molecule has 15 heteroatoms. The zero-order chi connectivity index (χ0) is 28.4. The van der Waals surface area contributed by atoms with E-state index in [0.717, 1.165) is 5.56 Å². The zero-order valence-corrected chi connectivity index (χ0v) is 21.1. The van der Waals surface area contributed by atoms with Crippen LogP contribution in [0.25, 0.3) is 0 Å². The van der Waals surface area contributed by atoms with Crippen molar-refractivity contribution in [3.63, 3.8) is 0 Å². The molecule has 5 rings (SSSR count). The molecule has 0 fully saturated rings. The Balaban J connectivity index is 1.60. The number of ether oxygens (including phenoxy) is 5. The SMILES string of the molecule is O=C(O)c1ccc2cc1OCCOCCOCCOc1ccc(cc1)CNc1nc(nc(OCC(F)(F)F)n1)N2. The Morgan fingerprint density at radius 2 is 1.57 bits per heavy atom. The van der Waals surface area contributed by atoms with Gasteiger partial charge in [0.25, 0.3) is 0 Å². The molecule has 1 aromatic heterocycles. The van der Waals surface area contributed by atoms with Crippen LogP contribution in [0.15, 0.2) is 42.5 Å². The van der Waals surface area contributed by atoms with Gasteiger partial charge in [-0.3, -0.25) is 0 Å². The summed E-state index contributed by atoms with van der Waals surface area (Å²) in [4.78, 5) is 23.7. The average Bonchev–Trinajstić information content (AvgIpc) is 2.91. The van der Waals surface area contributed by atoms with Crippen molar-refractivity contribution < 1.29 is 46.8 Å². The Morgan fingerprint density at radius 1 is 0.900 bits per heavy atom. The Bertz CT molecular complexity index is 1280. The molecule has 0 aliphatic carbocycles. The van der Waals surface area contributed by atoms with Crippen LogP contribution in [0.5, 0.6) is 17.5 Å². The van der Waals surface area contributed by atoms with Gasteiger partial charge in [-0.25, -0.2) is 4.79 Å². The summed E-state index contributed by atoms with van der Waals surface area (Å²) < 4.78 is 65.2. The molecule has 214 valence electrons. The second-order valence-corrected chi connectivity index (χ2v) is 8.23. The molecule has 0 saturated carbocycles. The fourth-order valence-corrected chi connectivity index (χ4v) is 3.36. The number of hydrogen-bond acceptors (Lipinski definition) is 11. The van der Waals surface area contributed by atoms with Crippen molar-refractivity contribution in [2.24, 2.45) is 0 Å². The molecule has 3 aromatic rings. The van der Waals surface area contributed by atoms with Gasteiger partial charge in [-0.05, 0) is 29.8 Å². The van der Waals surface area contributed by atoms with Crippen molar-refractivity contribution in [2.45, 2.75) is 12.7 Å². The summed E-state index contributed by atoms with van der Waals surface area (Å²) in [5, 5.41) is 15.3. The van der Waals surface area contributed by atoms with Gasteiger partial charge < -0.3 is 39.4 Å². The van der Waals surface area contributed by atoms with Crippen molar-refractivity contribution in [2.75, 3.05) is 56.9 Å². The highest BCUT2D eigenvalue weighted by molar-refractivity contribution is 5.91. The van der Waals surface area contributed by atoms with Crippen LogP contribution >= 0.6 is 0 Å². The summed E-state index contributed by atoms with van der Waals surface area (Å²) >= 11 is 0. The number of aromatic carboxylic acids is 1. The maximum absolute atomic E-state index is 12.8. The van der Waals surface area contributed by atoms with E-state index in [0.29, 0.717) is 37.9 Å². The summed E-state index contributed by atoms with van der Waals surface area (Å²) in [6, 6.07) is 10.7. The number of nitrogens with one attached hydrogen (secondary N) is 2. The third-order valence-corrected chi connectivity index (χ3v) is 5.18. The van der Waals surface area contributed by atoms with Crippen molar-refractivity contribution in [1.29, 1.82) is 0 Å². The van der Waals surface area contributed by atoms with E-state index >= 15 is 0 Å². The molecule has 0 spiro atoms. The lowest BCUT2D eigenvalue weighted by molar-refractivity contribution is -0.154. The van der Waals surface area contributed by atoms with E-state index in [1.807, 2.05) is 0 Å². The molecule has 3 N–H and O–H groups in total. The van der Waals surface area contributed by atoms with E-state index in [1.54, 1.807) is 24.3 Å². The Kier molecular flexibility index (Phi) is 9.75. The lowest BCUT2D eigenvalue weighted by Gasteiger charge is -2.14. The predicted octanol–water partition coefficient (Wildman–Crippen LogP) is 3.67. The monoisotopic (exact) mass is 565 g/mol. The first kappa shape index (κ1) is 28.6. The van der Waals surface area contributed by atoms with E-state index in [1.165, 1.54) is 18.2 Å². The number of nitrogens with zero attached hydrogens (tertiary/aromatic N) is 3. The summed E-state index contributed by atoms with van der Waals surface area (Å²) in [5.41, 5.74) is 1.03. The van der Waals surface area contributed by atoms with Crippen molar-refractivity contribution in [3.05, 3.63) is 53.6 Å². The van der Waals surface area contributed by atoms with Crippen molar-refractivity contribution >= 4 is 23.6 Å². The Morgan fingerprint density at radius 3 is 2.27 bits per heavy atom. The molecule has 0 amide bonds. The molecule has 0 atom stereocenters. The molecule has 40 heavy (non-hydrogen) atoms. The number of carboxylic acids is 1. The quantitative estimate of drug-likeness (QED) is 0.398. The maximum atomic E-state index is 12.8. The molecule has 3 heterocycles. The van der Waals surface area contributed by atoms with E-state index in [4.69, 9.17) is 23.7 Å². The Hall–Kier alpha value is -4.37. The van der Waals surface area contributed by atoms with E-state index < -0.39 is 24.8 Å². The van der Waals surface area contributed by atoms with Gasteiger partial charge in [-0.15, -0.1) is 0 Å². The minimum absolute atomic E-state index is 0.0390. The molecular weight excluding hydrogens is 539 g/mol. The highest BCUT2D eigenvalue weighted by atomic mass is 19.4. The molecule has 0 radical (unpaired) electrons. The number of benzene rings is 2. The molecule has 2 aliphatic rings. The third-order valence-electron chi connectivity index (χ3n) is 5.18. The Labute approximate surface area is 226 Å². The second kappa shape index (κ2) is 13.6. The van der Waals surface area contributed by atoms with Crippen molar-refractivity contribution in [1.82, 2.24) is 15.0 Å². The first-order valence-corrected chi connectivity index (χ1v) is 12.1. The number of anilines is 3. The van der Waals surface area contributed by atoms with E-state index in [2.05, 4.69) is 25.6 Å². The lowest BCUT2D eigenvalue weighted by Crippen LogP contribution is -2.21. The van der Waals surface area contributed by atoms with Gasteiger partial charge in [-0.1, -0.05) is 12.1 Å². The van der Waals surface area contributed by atoms with Gasteiger partial charge >= 0.3 is 18.2 Å². The van der Waals surface area contributed by atoms with Crippen molar-refractivity contribution in [3.8, 4) is 17.5 Å². The number of halogens is 3. The third kappa shape index (κ3) is 9.13. The number of alkyl halides is 3. The largest absolute Gasteiger partial charge is 0.491 e. The highest BCUT2D eigenvalue weighted by Gasteiger charge is 2.29. The number of rotatable bonds is 3. The van der Waals surface area contributed by atoms with Crippen LogP contribution in [-0.2, 0) is 16.0 Å². The predicted molar refractivity (Wildman–Crippen MR) is 134 cm³/mol. The fourth-order valence-electron chi connectivity index (χ4n) is 3.36. The standard InChI is InChI=1S/C25H26F3N5O7/c26-25(27,28)15-40-24-32-22-29-14-16-1-4-18(5-2-16)38-11-9-36-7-8-37-10-12-39-20-13-17(30-23(31-22)33-24)3-6-19(20)21(34)35/h1-6,13H,7-12,14-15H2,(H,34,35)(H2,29,30,31,32,33). The number of fused-ring (bicyclic) bond motifs is 12. The van der Waals surface area contributed by atoms with Crippen LogP contribution in [0.3, 0.4) is 0 Å². The first-order valence-electron chi connectivity index (χ1n) is 12.1. The van der Waals surface area contributed by atoms with Crippen LogP contribution in [-0.4, -0.2) is 78.5 Å². The van der Waals surface area contributed by atoms with Gasteiger partial charge in [0.2, 0.25) is 11.9 Å². The molecular formula is C25H26F3N5O7. The summed E-state index contributed by atoms with van der Waals surface area (Å²) in [5.74, 6) is -0.735. The number of hydrogen-bond donors (Lipinski definition) is 3. The van der Waals surface area contributed by atoms with Crippen LogP contribution in [0.1, 0.15) is 15.9 Å². The van der Waals surface area contributed by atoms with Crippen LogP contribution in [0, 0.1) is 0 Å². The van der Waals surface area contributed by atoms with Crippen LogP contribution < -0.4 is 24.8 Å². The average molecular weight is 566 g/mol. The van der Waals surface area contributed by atoms with E-state index in [9.17, 15) is 23.1 Å². The smallest absolute Gasteiger partial charge is 0.422 e. The minimum atomic E-state index is -4.61. The second-order valence-electron chi connectivity index (χ2n) is 8.23. The van der Waals surface area contributed by atoms with Gasteiger partial charge in [0.15, 0.2) is 6.61 Å². The summed E-state index contributed by atoms with van der Waals surface area (Å²) in [6.07, 6.45) is -4.61. The van der Waals surface area contributed by atoms with E-state index in [-0.39, 0.29) is 43.0 Å². The molecule has 2 aliphatic heterocycles. The van der Waals surface area contributed by atoms with Crippen LogP contribution in [0.2, 0.25) is 0 Å². The number of carbonyl (C=O) groups is 1. The fraction of sp³-hybridized carbons (Fsp3) is 0.360. The molecule has 0 unspecified atom stereocenters. The topological polar surface area (TPSA) is 146 Å². The maximum Gasteiger partial charge on any atom is 0.422 e. The highest BCUT2D eigenvalue weighted by Crippen LogP contribution is 2.26. The molecule has 6 bridgehead atoms. The first-order chi connectivity index (χ1) is 19.2. The molecule has 12 nitrogen and oxygen atoms in total. The van der Waals surface area contributed by atoms with Gasteiger partial charge in [0, 0.05) is 18.3 Å². The van der Waals surface area contributed by atoms with Gasteiger partial charge in [-0.2, -0.15) is 28.1 Å². The minimum Gasteiger partial charge on any atom is -0.491 e. The molecule has 2 aromatic carbocycles. The lowest BCUT2D eigenvalue weighted by atomic mass is 10.2. The normalized spacial score (nSPS) is 15.1. The summed E-state index contributed by atoms with van der Waals surface area (Å²) in [6.45, 7) is 0.186.